The summed E-state index contributed by atoms with van der Waals surface area (Å²) in [7, 11) is 3.00. The smallest absolute Gasteiger partial charge is 0.331 e. The second-order valence-corrected chi connectivity index (χ2v) is 7.43. The molecule has 0 bridgehead atoms. The summed E-state index contributed by atoms with van der Waals surface area (Å²) in [5, 5.41) is 3.36. The van der Waals surface area contributed by atoms with E-state index >= 15 is 0 Å². The Hall–Kier alpha value is -2.21. The number of esters is 1. The van der Waals surface area contributed by atoms with Gasteiger partial charge in [0.05, 0.1) is 19.2 Å². The van der Waals surface area contributed by atoms with Crippen LogP contribution in [0.3, 0.4) is 0 Å². The lowest BCUT2D eigenvalue weighted by Gasteiger charge is -2.30. The summed E-state index contributed by atoms with van der Waals surface area (Å²) < 4.78 is 15.6. The zero-order valence-corrected chi connectivity index (χ0v) is 17.5. The second kappa shape index (κ2) is 10.4. The quantitative estimate of drug-likeness (QED) is 0.544. The van der Waals surface area contributed by atoms with Crippen LogP contribution in [0.15, 0.2) is 18.2 Å². The molecule has 0 aromatic heterocycles. The van der Waals surface area contributed by atoms with Gasteiger partial charge in [0.1, 0.15) is 0 Å². The molecule has 3 atom stereocenters. The molecule has 1 fully saturated rings. The van der Waals surface area contributed by atoms with E-state index in [1.54, 1.807) is 25.1 Å². The van der Waals surface area contributed by atoms with Crippen LogP contribution in [0.5, 0.6) is 11.5 Å². The predicted molar refractivity (Wildman–Crippen MR) is 109 cm³/mol. The number of rotatable bonds is 7. The highest BCUT2D eigenvalue weighted by Gasteiger charge is 2.26. The molecule has 1 amide bonds. The number of halogens is 1. The van der Waals surface area contributed by atoms with Gasteiger partial charge in [-0.05, 0) is 49.5 Å². The summed E-state index contributed by atoms with van der Waals surface area (Å²) in [4.78, 5) is 24.4. The molecule has 6 nitrogen and oxygen atoms in total. The molecular formula is C21H28ClNO5. The lowest BCUT2D eigenvalue weighted by molar-refractivity contribution is -0.150. The molecule has 1 aliphatic carbocycles. The summed E-state index contributed by atoms with van der Waals surface area (Å²) in [6.45, 7) is 3.71. The third-order valence-electron chi connectivity index (χ3n) is 4.97. The van der Waals surface area contributed by atoms with E-state index in [1.807, 2.05) is 0 Å². The lowest BCUT2D eigenvalue weighted by atomic mass is 9.86. The molecule has 1 saturated carbocycles. The molecule has 1 N–H and O–H groups in total. The number of hydrogen-bond acceptors (Lipinski definition) is 5. The van der Waals surface area contributed by atoms with Gasteiger partial charge in [0, 0.05) is 12.1 Å². The van der Waals surface area contributed by atoms with E-state index in [4.69, 9.17) is 25.8 Å². The van der Waals surface area contributed by atoms with Crippen molar-refractivity contribution in [3.8, 4) is 11.5 Å². The lowest BCUT2D eigenvalue weighted by Crippen LogP contribution is -2.45. The van der Waals surface area contributed by atoms with Gasteiger partial charge >= 0.3 is 5.97 Å². The van der Waals surface area contributed by atoms with Crippen LogP contribution in [0.2, 0.25) is 5.02 Å². The van der Waals surface area contributed by atoms with Gasteiger partial charge in [0.25, 0.3) is 5.91 Å². The second-order valence-electron chi connectivity index (χ2n) is 7.03. The van der Waals surface area contributed by atoms with Crippen LogP contribution >= 0.6 is 11.6 Å². The van der Waals surface area contributed by atoms with Crippen LogP contribution in [0.4, 0.5) is 0 Å². The number of methoxy groups -OCH3 is 2. The fourth-order valence-corrected chi connectivity index (χ4v) is 3.59. The zero-order valence-electron chi connectivity index (χ0n) is 16.8. The van der Waals surface area contributed by atoms with Crippen molar-refractivity contribution < 1.29 is 23.8 Å². The van der Waals surface area contributed by atoms with Gasteiger partial charge in [-0.15, -0.1) is 0 Å². The molecule has 0 unspecified atom stereocenters. The maximum Gasteiger partial charge on any atom is 0.331 e. The third kappa shape index (κ3) is 5.89. The minimum atomic E-state index is -0.861. The molecule has 0 heterocycles. The van der Waals surface area contributed by atoms with Crippen LogP contribution in [-0.4, -0.2) is 38.2 Å². The van der Waals surface area contributed by atoms with Gasteiger partial charge in [0.15, 0.2) is 17.6 Å². The summed E-state index contributed by atoms with van der Waals surface area (Å²) in [6.07, 6.45) is 6.32. The van der Waals surface area contributed by atoms with E-state index in [2.05, 4.69) is 12.2 Å². The third-order valence-corrected chi connectivity index (χ3v) is 5.25. The number of carbonyl (C=O) groups excluding carboxylic acids is 2. The Morgan fingerprint density at radius 2 is 1.93 bits per heavy atom. The van der Waals surface area contributed by atoms with Crippen LogP contribution in [0.25, 0.3) is 6.08 Å². The van der Waals surface area contributed by atoms with Gasteiger partial charge < -0.3 is 19.5 Å². The Balaban J connectivity index is 1.93. The first-order chi connectivity index (χ1) is 13.3. The SMILES string of the molecule is COc1cc(/C=C/C(=O)O[C@H](C)C(=O)N[C@@H]2CCCC[C@H]2C)cc(Cl)c1OC. The number of carbonyl (C=O) groups is 2. The van der Waals surface area contributed by atoms with Crippen molar-refractivity contribution in [2.75, 3.05) is 14.2 Å². The van der Waals surface area contributed by atoms with Crippen molar-refractivity contribution in [2.45, 2.75) is 51.7 Å². The fourth-order valence-electron chi connectivity index (χ4n) is 3.30. The van der Waals surface area contributed by atoms with E-state index in [9.17, 15) is 9.59 Å². The van der Waals surface area contributed by atoms with Gasteiger partial charge in [-0.2, -0.15) is 0 Å². The van der Waals surface area contributed by atoms with Crippen molar-refractivity contribution in [3.05, 3.63) is 28.8 Å². The van der Waals surface area contributed by atoms with E-state index < -0.39 is 12.1 Å². The summed E-state index contributed by atoms with van der Waals surface area (Å²) >= 11 is 6.15. The Morgan fingerprint density at radius 3 is 2.57 bits per heavy atom. The first-order valence-electron chi connectivity index (χ1n) is 9.46. The van der Waals surface area contributed by atoms with E-state index in [-0.39, 0.29) is 11.9 Å². The van der Waals surface area contributed by atoms with Gasteiger partial charge in [0.2, 0.25) is 0 Å². The zero-order chi connectivity index (χ0) is 20.7. The number of benzene rings is 1. The minimum absolute atomic E-state index is 0.145. The monoisotopic (exact) mass is 409 g/mol. The van der Waals surface area contributed by atoms with Crippen LogP contribution in [-0.2, 0) is 14.3 Å². The molecule has 154 valence electrons. The van der Waals surface area contributed by atoms with Gasteiger partial charge in [-0.1, -0.05) is 31.4 Å². The van der Waals surface area contributed by atoms with Crippen molar-refractivity contribution >= 4 is 29.6 Å². The van der Waals surface area contributed by atoms with Crippen LogP contribution < -0.4 is 14.8 Å². The largest absolute Gasteiger partial charge is 0.493 e. The normalized spacial score (nSPS) is 20.5. The van der Waals surface area contributed by atoms with E-state index in [1.165, 1.54) is 26.7 Å². The molecule has 1 aromatic carbocycles. The maximum absolute atomic E-state index is 12.3. The highest BCUT2D eigenvalue weighted by Crippen LogP contribution is 2.36. The first-order valence-corrected chi connectivity index (χ1v) is 9.84. The van der Waals surface area contributed by atoms with Crippen LogP contribution in [0, 0.1) is 5.92 Å². The molecular weight excluding hydrogens is 382 g/mol. The first kappa shape index (κ1) is 22.1. The van der Waals surface area contributed by atoms with Crippen molar-refractivity contribution in [1.82, 2.24) is 5.32 Å². The molecule has 0 radical (unpaired) electrons. The van der Waals surface area contributed by atoms with E-state index in [0.29, 0.717) is 28.0 Å². The molecule has 0 saturated heterocycles. The Morgan fingerprint density at radius 1 is 1.21 bits per heavy atom. The molecule has 28 heavy (non-hydrogen) atoms. The maximum atomic E-state index is 12.3. The fraction of sp³-hybridized carbons (Fsp3) is 0.524. The highest BCUT2D eigenvalue weighted by molar-refractivity contribution is 6.32. The minimum Gasteiger partial charge on any atom is -0.493 e. The molecule has 1 aliphatic rings. The van der Waals surface area contributed by atoms with Crippen LogP contribution in [0.1, 0.15) is 45.1 Å². The highest BCUT2D eigenvalue weighted by atomic mass is 35.5. The van der Waals surface area contributed by atoms with Crippen molar-refractivity contribution in [3.63, 3.8) is 0 Å². The van der Waals surface area contributed by atoms with Crippen molar-refractivity contribution in [2.24, 2.45) is 5.92 Å². The summed E-state index contributed by atoms with van der Waals surface area (Å²) in [5.41, 5.74) is 0.646. The van der Waals surface area contributed by atoms with Gasteiger partial charge in [-0.25, -0.2) is 4.79 Å². The summed E-state index contributed by atoms with van der Waals surface area (Å²) in [5.74, 6) is 0.443. The Labute approximate surface area is 171 Å². The van der Waals surface area contributed by atoms with E-state index in [0.717, 1.165) is 19.3 Å². The number of amides is 1. The average molecular weight is 410 g/mol. The van der Waals surface area contributed by atoms with Crippen molar-refractivity contribution in [1.29, 1.82) is 0 Å². The number of ether oxygens (including phenoxy) is 3. The Kier molecular flexibility index (Phi) is 8.18. The molecule has 1 aromatic rings. The molecule has 7 heteroatoms. The standard InChI is InChI=1S/C21H28ClNO5/c1-13-7-5-6-8-17(13)23-21(25)14(2)28-19(24)10-9-15-11-16(22)20(27-4)18(12-15)26-3/h9-14,17H,5-8H2,1-4H3,(H,23,25)/b10-9+/t13-,14-,17-/m1/s1. The molecule has 0 aliphatic heterocycles. The van der Waals surface area contributed by atoms with Gasteiger partial charge in [-0.3, -0.25) is 4.79 Å². The molecule has 2 rings (SSSR count). The predicted octanol–water partition coefficient (Wildman–Crippen LogP) is 4.00. The average Bonchev–Trinajstić information content (AvgIpc) is 2.67. The molecule has 0 spiro atoms. The Bertz CT molecular complexity index is 734. The number of hydrogen-bond donors (Lipinski definition) is 1. The number of nitrogens with one attached hydrogen (secondary N) is 1. The summed E-state index contributed by atoms with van der Waals surface area (Å²) in [6, 6.07) is 3.48. The topological polar surface area (TPSA) is 73.9 Å².